The van der Waals surface area contributed by atoms with Crippen molar-refractivity contribution in [3.8, 4) is 22.3 Å². The van der Waals surface area contributed by atoms with Crippen molar-refractivity contribution < 1.29 is 4.42 Å². The van der Waals surface area contributed by atoms with Crippen LogP contribution in [0.2, 0.25) is 0 Å². The highest BCUT2D eigenvalue weighted by atomic mass is 16.3. The van der Waals surface area contributed by atoms with E-state index in [9.17, 15) is 0 Å². The Morgan fingerprint density at radius 3 is 2.26 bits per heavy atom. The second kappa shape index (κ2) is 12.8. The van der Waals surface area contributed by atoms with E-state index in [-0.39, 0.29) is 17.0 Å². The van der Waals surface area contributed by atoms with Crippen LogP contribution in [0.15, 0.2) is 149 Å². The number of fused-ring (bicyclic) bond motifs is 11. The average molecular weight is 753 g/mol. The summed E-state index contributed by atoms with van der Waals surface area (Å²) in [4.78, 5) is 5.35. The first-order valence-corrected chi connectivity index (χ1v) is 21.6. The molecule has 6 aromatic carbocycles. The van der Waals surface area contributed by atoms with E-state index in [2.05, 4.69) is 153 Å². The topological polar surface area (TPSA) is 37.5 Å². The van der Waals surface area contributed by atoms with Crippen LogP contribution in [0.1, 0.15) is 128 Å². The second-order valence-electron chi connectivity index (χ2n) is 18.0. The van der Waals surface area contributed by atoms with E-state index in [0.29, 0.717) is 5.92 Å². The maximum absolute atomic E-state index is 6.57. The predicted molar refractivity (Wildman–Crippen MR) is 239 cm³/mol. The quantitative estimate of drug-likeness (QED) is 0.194. The fourth-order valence-corrected chi connectivity index (χ4v) is 11.7. The lowest BCUT2D eigenvalue weighted by Crippen LogP contribution is -2.28. The molecule has 0 bridgehead atoms. The molecule has 0 saturated heterocycles. The number of hydrogen-bond acceptors (Lipinski definition) is 3. The van der Waals surface area contributed by atoms with Crippen LogP contribution in [0, 0.1) is 0 Å². The molecular weight excluding hydrogens is 705 g/mol. The summed E-state index contributed by atoms with van der Waals surface area (Å²) in [5.74, 6) is 1.13. The van der Waals surface area contributed by atoms with Crippen molar-refractivity contribution in [1.29, 1.82) is 0 Å². The number of nitrogens with zero attached hydrogens (tertiary/aromatic N) is 1. The molecule has 0 amide bonds. The molecular formula is C55H48N2O. The Hall–Kier alpha value is -5.93. The van der Waals surface area contributed by atoms with Gasteiger partial charge in [0.25, 0.3) is 0 Å². The number of allylic oxidation sites excluding steroid dienone is 2. The smallest absolute Gasteiger partial charge is 0.177 e. The number of furan rings is 1. The number of para-hydroxylation sites is 1. The summed E-state index contributed by atoms with van der Waals surface area (Å²) in [6, 6.07) is 49.7. The second-order valence-corrected chi connectivity index (χ2v) is 18.0. The summed E-state index contributed by atoms with van der Waals surface area (Å²) in [7, 11) is 0. The fourth-order valence-electron chi connectivity index (χ4n) is 11.7. The van der Waals surface area contributed by atoms with Crippen molar-refractivity contribution in [3.05, 3.63) is 190 Å². The minimum absolute atomic E-state index is 0.0708. The van der Waals surface area contributed by atoms with Crippen LogP contribution in [-0.2, 0) is 10.8 Å². The zero-order chi connectivity index (χ0) is 38.6. The normalized spacial score (nSPS) is 20.7. The third kappa shape index (κ3) is 4.95. The number of aliphatic imine (C=N–C) groups is 1. The maximum atomic E-state index is 6.57. The minimum Gasteiger partial charge on any atom is -0.452 e. The zero-order valence-corrected chi connectivity index (χ0v) is 33.4. The van der Waals surface area contributed by atoms with E-state index in [1.54, 1.807) is 11.1 Å². The van der Waals surface area contributed by atoms with Crippen molar-refractivity contribution in [2.75, 3.05) is 5.32 Å². The third-order valence-corrected chi connectivity index (χ3v) is 14.6. The molecule has 12 rings (SSSR count). The van der Waals surface area contributed by atoms with Gasteiger partial charge in [0.05, 0.1) is 5.69 Å². The SMILES string of the molecule is CC1(C)c2cc3c(cc2-c2c(C4=CC(c5cccc(C6=NC(c7ccccc7)Nc7c6oc6ccccc76)c5)CCC4)cccc21)C1(CCCCC1)c1ccccc1-3. The summed E-state index contributed by atoms with van der Waals surface area (Å²) >= 11 is 0. The molecule has 1 aliphatic heterocycles. The van der Waals surface area contributed by atoms with Crippen LogP contribution in [0.4, 0.5) is 5.69 Å². The summed E-state index contributed by atoms with van der Waals surface area (Å²) in [6.45, 7) is 4.90. The Morgan fingerprint density at radius 2 is 1.36 bits per heavy atom. The summed E-state index contributed by atoms with van der Waals surface area (Å²) in [6.07, 6.45) is 12.3. The van der Waals surface area contributed by atoms with Gasteiger partial charge >= 0.3 is 0 Å². The lowest BCUT2D eigenvalue weighted by atomic mass is 9.67. The van der Waals surface area contributed by atoms with Gasteiger partial charge in [-0.1, -0.05) is 142 Å². The molecule has 2 unspecified atom stereocenters. The molecule has 3 heteroatoms. The number of anilines is 1. The molecule has 58 heavy (non-hydrogen) atoms. The standard InChI is InChI=1S/C55H48N2O/c1-54(2)45-26-15-24-39(49(45)43-33-47-42(32-46(43)54)40-22-7-9-25-44(40)55(47)28-11-4-12-29-55)37-20-13-18-35(30-37)36-19-14-21-38(31-36)50-52-51(41-23-8-10-27-48(41)58-52)57-53(56-50)34-16-5-3-6-17-34/h3,5-10,14-17,19,21-27,30-33,35,53,57H,4,11-13,18,20,28-29H2,1-2H3. The van der Waals surface area contributed by atoms with E-state index < -0.39 is 0 Å². The highest BCUT2D eigenvalue weighted by Crippen LogP contribution is 2.60. The van der Waals surface area contributed by atoms with E-state index in [1.807, 2.05) is 6.07 Å². The lowest BCUT2D eigenvalue weighted by molar-refractivity contribution is 0.353. The molecule has 5 aliphatic rings. The molecule has 1 spiro atoms. The Labute approximate surface area is 341 Å². The van der Waals surface area contributed by atoms with Gasteiger partial charge in [0.2, 0.25) is 0 Å². The number of hydrogen-bond donors (Lipinski definition) is 1. The van der Waals surface area contributed by atoms with Gasteiger partial charge in [-0.05, 0) is 129 Å². The van der Waals surface area contributed by atoms with Gasteiger partial charge in [-0.15, -0.1) is 0 Å². The van der Waals surface area contributed by atoms with E-state index in [0.717, 1.165) is 58.5 Å². The Balaban J connectivity index is 0.954. The van der Waals surface area contributed by atoms with Crippen molar-refractivity contribution in [1.82, 2.24) is 0 Å². The maximum Gasteiger partial charge on any atom is 0.177 e. The molecule has 2 heterocycles. The molecule has 2 atom stereocenters. The van der Waals surface area contributed by atoms with Crippen LogP contribution < -0.4 is 5.32 Å². The minimum atomic E-state index is -0.203. The molecule has 1 N–H and O–H groups in total. The van der Waals surface area contributed by atoms with Crippen molar-refractivity contribution in [2.24, 2.45) is 4.99 Å². The molecule has 1 saturated carbocycles. The van der Waals surface area contributed by atoms with Crippen LogP contribution in [0.25, 0.3) is 38.8 Å². The summed E-state index contributed by atoms with van der Waals surface area (Å²) in [5.41, 5.74) is 21.4. The third-order valence-electron chi connectivity index (χ3n) is 14.6. The Kier molecular flexibility index (Phi) is 7.53. The molecule has 1 fully saturated rings. The molecule has 3 nitrogen and oxygen atoms in total. The van der Waals surface area contributed by atoms with E-state index >= 15 is 0 Å². The fraction of sp³-hybridized carbons (Fsp3) is 0.255. The zero-order valence-electron chi connectivity index (χ0n) is 33.4. The summed E-state index contributed by atoms with van der Waals surface area (Å²) < 4.78 is 6.57. The van der Waals surface area contributed by atoms with Crippen LogP contribution >= 0.6 is 0 Å². The van der Waals surface area contributed by atoms with E-state index in [4.69, 9.17) is 9.41 Å². The lowest BCUT2D eigenvalue weighted by Gasteiger charge is -2.36. The number of nitrogens with one attached hydrogen (secondary N) is 1. The predicted octanol–water partition coefficient (Wildman–Crippen LogP) is 14.3. The van der Waals surface area contributed by atoms with Crippen LogP contribution in [0.5, 0.6) is 0 Å². The van der Waals surface area contributed by atoms with Crippen molar-refractivity contribution in [2.45, 2.75) is 88.1 Å². The van der Waals surface area contributed by atoms with Crippen molar-refractivity contribution in [3.63, 3.8) is 0 Å². The van der Waals surface area contributed by atoms with Gasteiger partial charge in [0, 0.05) is 27.7 Å². The van der Waals surface area contributed by atoms with Crippen LogP contribution in [-0.4, -0.2) is 5.71 Å². The highest BCUT2D eigenvalue weighted by Gasteiger charge is 2.46. The Morgan fingerprint density at radius 1 is 0.621 bits per heavy atom. The van der Waals surface area contributed by atoms with Gasteiger partial charge in [0.1, 0.15) is 17.5 Å². The summed E-state index contributed by atoms with van der Waals surface area (Å²) in [5, 5.41) is 4.80. The monoisotopic (exact) mass is 752 g/mol. The first kappa shape index (κ1) is 34.1. The average Bonchev–Trinajstić information content (AvgIpc) is 3.86. The number of rotatable bonds is 4. The van der Waals surface area contributed by atoms with Gasteiger partial charge in [-0.2, -0.15) is 0 Å². The van der Waals surface area contributed by atoms with Crippen molar-refractivity contribution >= 4 is 27.9 Å². The Bertz CT molecular complexity index is 2860. The van der Waals surface area contributed by atoms with Gasteiger partial charge in [-0.3, -0.25) is 4.99 Å². The molecule has 284 valence electrons. The first-order valence-electron chi connectivity index (χ1n) is 21.6. The molecule has 0 radical (unpaired) electrons. The molecule has 4 aliphatic carbocycles. The number of benzene rings is 6. The van der Waals surface area contributed by atoms with Crippen LogP contribution in [0.3, 0.4) is 0 Å². The first-order chi connectivity index (χ1) is 28.5. The molecule has 1 aromatic heterocycles. The van der Waals surface area contributed by atoms with Gasteiger partial charge in [-0.25, -0.2) is 0 Å². The van der Waals surface area contributed by atoms with E-state index in [1.165, 1.54) is 82.2 Å². The van der Waals surface area contributed by atoms with Gasteiger partial charge in [0.15, 0.2) is 5.76 Å². The molecule has 7 aromatic rings. The largest absolute Gasteiger partial charge is 0.452 e. The van der Waals surface area contributed by atoms with Gasteiger partial charge < -0.3 is 9.73 Å². The highest BCUT2D eigenvalue weighted by molar-refractivity contribution is 6.19.